The lowest BCUT2D eigenvalue weighted by atomic mass is 10.2. The Balaban J connectivity index is 3.63. The molecule has 0 bridgehead atoms. The number of hydrogen-bond donors (Lipinski definition) is 1. The molecule has 0 rings (SSSR count). The fourth-order valence-corrected chi connectivity index (χ4v) is 1.49. The van der Waals surface area contributed by atoms with Gasteiger partial charge < -0.3 is 10.2 Å². The summed E-state index contributed by atoms with van der Waals surface area (Å²) in [7, 11) is 0. The number of unbranched alkanes of at least 4 members (excludes halogenated alkanes) is 2. The first-order chi connectivity index (χ1) is 7.20. The van der Waals surface area contributed by atoms with Gasteiger partial charge >= 0.3 is 0 Å². The van der Waals surface area contributed by atoms with Crippen LogP contribution in [0, 0.1) is 0 Å². The standard InChI is InChI=1S/C12H26N2O/c1-4-6-9-14(10-7-5-2)11-8-13-12(3)15/h4-11H2,1-3H3,(H,13,15). The Kier molecular flexibility index (Phi) is 9.59. The van der Waals surface area contributed by atoms with E-state index in [9.17, 15) is 4.79 Å². The molecule has 0 unspecified atom stereocenters. The molecule has 0 aliphatic rings. The minimum absolute atomic E-state index is 0.0703. The van der Waals surface area contributed by atoms with Crippen molar-refractivity contribution in [3.8, 4) is 0 Å². The maximum Gasteiger partial charge on any atom is 0.216 e. The van der Waals surface area contributed by atoms with Gasteiger partial charge in [-0.1, -0.05) is 26.7 Å². The van der Waals surface area contributed by atoms with Gasteiger partial charge in [-0.2, -0.15) is 0 Å². The fourth-order valence-electron chi connectivity index (χ4n) is 1.49. The summed E-state index contributed by atoms with van der Waals surface area (Å²) < 4.78 is 0. The molecule has 0 spiro atoms. The van der Waals surface area contributed by atoms with Crippen LogP contribution in [0.25, 0.3) is 0 Å². The molecule has 3 nitrogen and oxygen atoms in total. The van der Waals surface area contributed by atoms with Crippen LogP contribution in [0.2, 0.25) is 0 Å². The number of nitrogens with zero attached hydrogens (tertiary/aromatic N) is 1. The first-order valence-electron chi connectivity index (χ1n) is 6.17. The highest BCUT2D eigenvalue weighted by Crippen LogP contribution is 1.98. The first-order valence-corrected chi connectivity index (χ1v) is 6.17. The van der Waals surface area contributed by atoms with Crippen LogP contribution in [-0.4, -0.2) is 37.0 Å². The second-order valence-corrected chi connectivity index (χ2v) is 4.03. The monoisotopic (exact) mass is 214 g/mol. The zero-order valence-corrected chi connectivity index (χ0v) is 10.5. The third-order valence-corrected chi connectivity index (χ3v) is 2.46. The molecule has 3 heteroatoms. The van der Waals surface area contributed by atoms with Gasteiger partial charge in [0.15, 0.2) is 0 Å². The summed E-state index contributed by atoms with van der Waals surface area (Å²) in [6.45, 7) is 10.1. The topological polar surface area (TPSA) is 32.3 Å². The molecule has 1 N–H and O–H groups in total. The van der Waals surface area contributed by atoms with Crippen molar-refractivity contribution in [3.05, 3.63) is 0 Å². The Morgan fingerprint density at radius 2 is 1.60 bits per heavy atom. The van der Waals surface area contributed by atoms with Gasteiger partial charge in [-0.05, 0) is 25.9 Å². The normalized spacial score (nSPS) is 10.7. The van der Waals surface area contributed by atoms with Crippen molar-refractivity contribution >= 4 is 5.91 Å². The maximum atomic E-state index is 10.7. The third-order valence-electron chi connectivity index (χ3n) is 2.46. The SMILES string of the molecule is CCCCN(CCCC)CCNC(C)=O. The molecule has 15 heavy (non-hydrogen) atoms. The van der Waals surface area contributed by atoms with Crippen LogP contribution in [0.4, 0.5) is 0 Å². The zero-order chi connectivity index (χ0) is 11.5. The number of hydrogen-bond acceptors (Lipinski definition) is 2. The molecule has 1 amide bonds. The molecule has 90 valence electrons. The highest BCUT2D eigenvalue weighted by Gasteiger charge is 2.03. The zero-order valence-electron chi connectivity index (χ0n) is 10.5. The molecular weight excluding hydrogens is 188 g/mol. The number of rotatable bonds is 9. The van der Waals surface area contributed by atoms with Gasteiger partial charge in [-0.3, -0.25) is 4.79 Å². The Morgan fingerprint density at radius 1 is 1.07 bits per heavy atom. The molecule has 0 saturated carbocycles. The molecule has 0 atom stereocenters. The van der Waals surface area contributed by atoms with E-state index in [1.54, 1.807) is 6.92 Å². The molecule has 0 aliphatic carbocycles. The van der Waals surface area contributed by atoms with E-state index in [4.69, 9.17) is 0 Å². The minimum Gasteiger partial charge on any atom is -0.355 e. The first kappa shape index (κ1) is 14.4. The summed E-state index contributed by atoms with van der Waals surface area (Å²) >= 11 is 0. The predicted molar refractivity (Wildman–Crippen MR) is 64.9 cm³/mol. The van der Waals surface area contributed by atoms with Gasteiger partial charge in [0.1, 0.15) is 0 Å². The van der Waals surface area contributed by atoms with E-state index in [0.29, 0.717) is 0 Å². The van der Waals surface area contributed by atoms with E-state index in [0.717, 1.165) is 26.2 Å². The lowest BCUT2D eigenvalue weighted by molar-refractivity contribution is -0.119. The molecule has 0 fully saturated rings. The lowest BCUT2D eigenvalue weighted by Crippen LogP contribution is -2.35. The molecule has 0 aromatic rings. The van der Waals surface area contributed by atoms with Crippen LogP contribution < -0.4 is 5.32 Å². The van der Waals surface area contributed by atoms with Crippen LogP contribution in [0.5, 0.6) is 0 Å². The van der Waals surface area contributed by atoms with E-state index in [2.05, 4.69) is 24.1 Å². The summed E-state index contributed by atoms with van der Waals surface area (Å²) in [5, 5.41) is 2.85. The van der Waals surface area contributed by atoms with Crippen LogP contribution in [0.15, 0.2) is 0 Å². The molecular formula is C12H26N2O. The minimum atomic E-state index is 0.0703. The summed E-state index contributed by atoms with van der Waals surface area (Å²) in [6, 6.07) is 0. The summed E-state index contributed by atoms with van der Waals surface area (Å²) in [6.07, 6.45) is 4.99. The van der Waals surface area contributed by atoms with Crippen molar-refractivity contribution in [2.24, 2.45) is 0 Å². The van der Waals surface area contributed by atoms with Crippen molar-refractivity contribution in [2.75, 3.05) is 26.2 Å². The average molecular weight is 214 g/mol. The Labute approximate surface area is 94.2 Å². The second kappa shape index (κ2) is 9.97. The van der Waals surface area contributed by atoms with E-state index in [1.807, 2.05) is 0 Å². The molecule has 0 radical (unpaired) electrons. The summed E-state index contributed by atoms with van der Waals surface area (Å²) in [5.41, 5.74) is 0. The Morgan fingerprint density at radius 3 is 2.00 bits per heavy atom. The third kappa shape index (κ3) is 9.73. The predicted octanol–water partition coefficient (Wildman–Crippen LogP) is 2.02. The van der Waals surface area contributed by atoms with Crippen molar-refractivity contribution < 1.29 is 4.79 Å². The highest BCUT2D eigenvalue weighted by atomic mass is 16.1. The molecule has 0 aliphatic heterocycles. The lowest BCUT2D eigenvalue weighted by Gasteiger charge is -2.21. The molecule has 0 aromatic heterocycles. The largest absolute Gasteiger partial charge is 0.355 e. The van der Waals surface area contributed by atoms with Gasteiger partial charge in [-0.15, -0.1) is 0 Å². The number of nitrogens with one attached hydrogen (secondary N) is 1. The van der Waals surface area contributed by atoms with Crippen molar-refractivity contribution in [2.45, 2.75) is 46.5 Å². The number of amides is 1. The van der Waals surface area contributed by atoms with E-state index in [1.165, 1.54) is 25.7 Å². The van der Waals surface area contributed by atoms with Crippen LogP contribution in [0.1, 0.15) is 46.5 Å². The van der Waals surface area contributed by atoms with Gasteiger partial charge in [0.25, 0.3) is 0 Å². The van der Waals surface area contributed by atoms with Crippen molar-refractivity contribution in [3.63, 3.8) is 0 Å². The van der Waals surface area contributed by atoms with Gasteiger partial charge in [0.2, 0.25) is 5.91 Å². The number of carbonyl (C=O) groups excluding carboxylic acids is 1. The van der Waals surface area contributed by atoms with Crippen molar-refractivity contribution in [1.29, 1.82) is 0 Å². The van der Waals surface area contributed by atoms with Crippen LogP contribution in [-0.2, 0) is 4.79 Å². The fraction of sp³-hybridized carbons (Fsp3) is 0.917. The van der Waals surface area contributed by atoms with Gasteiger partial charge in [0, 0.05) is 20.0 Å². The molecule has 0 heterocycles. The Bertz CT molecular complexity index is 152. The maximum absolute atomic E-state index is 10.7. The Hall–Kier alpha value is -0.570. The van der Waals surface area contributed by atoms with Gasteiger partial charge in [0.05, 0.1) is 0 Å². The smallest absolute Gasteiger partial charge is 0.216 e. The van der Waals surface area contributed by atoms with E-state index >= 15 is 0 Å². The quantitative estimate of drug-likeness (QED) is 0.637. The number of carbonyl (C=O) groups is 1. The highest BCUT2D eigenvalue weighted by molar-refractivity contribution is 5.72. The molecule has 0 aromatic carbocycles. The average Bonchev–Trinajstić information content (AvgIpc) is 2.20. The second-order valence-electron chi connectivity index (χ2n) is 4.03. The van der Waals surface area contributed by atoms with E-state index in [-0.39, 0.29) is 5.91 Å². The van der Waals surface area contributed by atoms with Crippen molar-refractivity contribution in [1.82, 2.24) is 10.2 Å². The summed E-state index contributed by atoms with van der Waals surface area (Å²) in [5.74, 6) is 0.0703. The van der Waals surface area contributed by atoms with E-state index < -0.39 is 0 Å². The van der Waals surface area contributed by atoms with Crippen LogP contribution >= 0.6 is 0 Å². The molecule has 0 saturated heterocycles. The summed E-state index contributed by atoms with van der Waals surface area (Å²) in [4.78, 5) is 13.2. The van der Waals surface area contributed by atoms with Gasteiger partial charge in [-0.25, -0.2) is 0 Å². The van der Waals surface area contributed by atoms with Crippen LogP contribution in [0.3, 0.4) is 0 Å².